The molecule has 2 N–H and O–H groups in total. The molecular weight excluding hydrogens is 182 g/mol. The third-order valence-corrected chi connectivity index (χ3v) is 2.44. The van der Waals surface area contributed by atoms with Crippen molar-refractivity contribution in [1.29, 1.82) is 0 Å². The van der Waals surface area contributed by atoms with Gasteiger partial charge in [0.2, 0.25) is 0 Å². The van der Waals surface area contributed by atoms with Gasteiger partial charge in [0, 0.05) is 6.04 Å². The van der Waals surface area contributed by atoms with E-state index in [1.807, 2.05) is 6.08 Å². The Labute approximate surface area is 93.0 Å². The summed E-state index contributed by atoms with van der Waals surface area (Å²) in [5, 5.41) is 0. The van der Waals surface area contributed by atoms with Gasteiger partial charge in [-0.05, 0) is 29.9 Å². The second kappa shape index (κ2) is 5.72. The molecule has 0 spiro atoms. The molecule has 82 valence electrons. The van der Waals surface area contributed by atoms with Crippen LogP contribution in [-0.4, -0.2) is 0 Å². The first kappa shape index (κ1) is 12.0. The van der Waals surface area contributed by atoms with E-state index in [-0.39, 0.29) is 6.04 Å². The van der Waals surface area contributed by atoms with Crippen molar-refractivity contribution in [2.45, 2.75) is 32.7 Å². The highest BCUT2D eigenvalue weighted by Crippen LogP contribution is 2.17. The van der Waals surface area contributed by atoms with E-state index in [9.17, 15) is 0 Å². The highest BCUT2D eigenvalue weighted by Gasteiger charge is 2.05. The normalized spacial score (nSPS) is 12.8. The van der Waals surface area contributed by atoms with Crippen molar-refractivity contribution in [1.82, 2.24) is 0 Å². The van der Waals surface area contributed by atoms with Gasteiger partial charge < -0.3 is 5.73 Å². The van der Waals surface area contributed by atoms with Crippen molar-refractivity contribution in [2.24, 2.45) is 11.7 Å². The van der Waals surface area contributed by atoms with Crippen LogP contribution in [-0.2, 0) is 6.42 Å². The monoisotopic (exact) mass is 203 g/mol. The fraction of sp³-hybridized carbons (Fsp3) is 0.429. The van der Waals surface area contributed by atoms with Crippen LogP contribution >= 0.6 is 0 Å². The van der Waals surface area contributed by atoms with Gasteiger partial charge in [0.1, 0.15) is 0 Å². The minimum absolute atomic E-state index is 0.0922. The zero-order chi connectivity index (χ0) is 11.3. The van der Waals surface area contributed by atoms with E-state index in [0.29, 0.717) is 5.92 Å². The Hall–Kier alpha value is -1.08. The van der Waals surface area contributed by atoms with Gasteiger partial charge in [-0.3, -0.25) is 0 Å². The summed E-state index contributed by atoms with van der Waals surface area (Å²) in [5.41, 5.74) is 8.63. The van der Waals surface area contributed by atoms with Crippen molar-refractivity contribution < 1.29 is 0 Å². The van der Waals surface area contributed by atoms with Gasteiger partial charge >= 0.3 is 0 Å². The molecule has 0 saturated heterocycles. The Bertz CT molecular complexity index is 315. The molecule has 0 heterocycles. The van der Waals surface area contributed by atoms with Crippen molar-refractivity contribution in [3.63, 3.8) is 0 Å². The van der Waals surface area contributed by atoms with E-state index in [4.69, 9.17) is 5.73 Å². The fourth-order valence-corrected chi connectivity index (χ4v) is 1.74. The quantitative estimate of drug-likeness (QED) is 0.729. The lowest BCUT2D eigenvalue weighted by Gasteiger charge is -2.12. The predicted octanol–water partition coefficient (Wildman–Crippen LogP) is 3.46. The molecule has 1 aromatic rings. The fourth-order valence-electron chi connectivity index (χ4n) is 1.74. The summed E-state index contributed by atoms with van der Waals surface area (Å²) >= 11 is 0. The Kier molecular flexibility index (Phi) is 4.57. The lowest BCUT2D eigenvalue weighted by molar-refractivity contribution is 0.645. The molecule has 1 nitrogen and oxygen atoms in total. The van der Waals surface area contributed by atoms with Crippen LogP contribution in [0, 0.1) is 5.92 Å². The number of hydrogen-bond donors (Lipinski definition) is 1. The van der Waals surface area contributed by atoms with Crippen molar-refractivity contribution in [3.8, 4) is 0 Å². The molecule has 0 aliphatic heterocycles. The van der Waals surface area contributed by atoms with Crippen LogP contribution in [0.25, 0.3) is 0 Å². The second-order valence-corrected chi connectivity index (χ2v) is 4.47. The van der Waals surface area contributed by atoms with Crippen molar-refractivity contribution in [2.75, 3.05) is 0 Å². The lowest BCUT2D eigenvalue weighted by atomic mass is 9.97. The van der Waals surface area contributed by atoms with Gasteiger partial charge in [-0.2, -0.15) is 0 Å². The molecule has 0 aliphatic rings. The topological polar surface area (TPSA) is 26.0 Å². The Morgan fingerprint density at radius 2 is 2.13 bits per heavy atom. The Balaban J connectivity index is 2.77. The SMILES string of the molecule is C=CCC(N)c1cccc(CC(C)C)c1. The lowest BCUT2D eigenvalue weighted by Crippen LogP contribution is -2.09. The first-order valence-corrected chi connectivity index (χ1v) is 5.58. The maximum absolute atomic E-state index is 6.03. The number of rotatable bonds is 5. The molecule has 1 atom stereocenters. The molecule has 1 heteroatoms. The maximum atomic E-state index is 6.03. The first-order valence-electron chi connectivity index (χ1n) is 5.58. The van der Waals surface area contributed by atoms with Crippen LogP contribution in [0.15, 0.2) is 36.9 Å². The molecule has 1 aromatic carbocycles. The van der Waals surface area contributed by atoms with Gasteiger partial charge in [-0.1, -0.05) is 44.2 Å². The summed E-state index contributed by atoms with van der Waals surface area (Å²) in [6.45, 7) is 8.18. The average molecular weight is 203 g/mol. The summed E-state index contributed by atoms with van der Waals surface area (Å²) in [7, 11) is 0. The standard InChI is InChI=1S/C14H21N/c1-4-6-14(15)13-8-5-7-12(10-13)9-11(2)3/h4-5,7-8,10-11,14H,1,6,9,15H2,2-3H3. The zero-order valence-electron chi connectivity index (χ0n) is 9.74. The van der Waals surface area contributed by atoms with Crippen LogP contribution in [0.2, 0.25) is 0 Å². The van der Waals surface area contributed by atoms with Gasteiger partial charge in [0.25, 0.3) is 0 Å². The van der Waals surface area contributed by atoms with Crippen molar-refractivity contribution >= 4 is 0 Å². The van der Waals surface area contributed by atoms with Crippen LogP contribution in [0.3, 0.4) is 0 Å². The van der Waals surface area contributed by atoms with Crippen LogP contribution in [0.5, 0.6) is 0 Å². The minimum Gasteiger partial charge on any atom is -0.324 e. The van der Waals surface area contributed by atoms with E-state index in [1.54, 1.807) is 0 Å². The number of nitrogens with two attached hydrogens (primary N) is 1. The molecule has 0 amide bonds. The summed E-state index contributed by atoms with van der Waals surface area (Å²) in [4.78, 5) is 0. The zero-order valence-corrected chi connectivity index (χ0v) is 9.74. The smallest absolute Gasteiger partial charge is 0.0329 e. The molecule has 1 unspecified atom stereocenters. The summed E-state index contributed by atoms with van der Waals surface area (Å²) in [6, 6.07) is 8.67. The molecule has 0 aromatic heterocycles. The predicted molar refractivity (Wildman–Crippen MR) is 66.7 cm³/mol. The maximum Gasteiger partial charge on any atom is 0.0329 e. The highest BCUT2D eigenvalue weighted by atomic mass is 14.6. The van der Waals surface area contributed by atoms with Crippen LogP contribution < -0.4 is 5.73 Å². The number of benzene rings is 1. The Morgan fingerprint density at radius 1 is 1.40 bits per heavy atom. The summed E-state index contributed by atoms with van der Waals surface area (Å²) in [5.74, 6) is 0.691. The first-order chi connectivity index (χ1) is 7.13. The molecule has 0 saturated carbocycles. The molecular formula is C14H21N. The number of hydrogen-bond acceptors (Lipinski definition) is 1. The molecule has 0 radical (unpaired) electrons. The van der Waals surface area contributed by atoms with Gasteiger partial charge in [0.15, 0.2) is 0 Å². The Morgan fingerprint density at radius 3 is 2.73 bits per heavy atom. The highest BCUT2D eigenvalue weighted by molar-refractivity contribution is 5.26. The minimum atomic E-state index is 0.0922. The van der Waals surface area contributed by atoms with Gasteiger partial charge in [-0.25, -0.2) is 0 Å². The summed E-state index contributed by atoms with van der Waals surface area (Å²) < 4.78 is 0. The van der Waals surface area contributed by atoms with Crippen LogP contribution in [0.4, 0.5) is 0 Å². The second-order valence-electron chi connectivity index (χ2n) is 4.47. The van der Waals surface area contributed by atoms with E-state index < -0.39 is 0 Å². The van der Waals surface area contributed by atoms with E-state index in [1.165, 1.54) is 11.1 Å². The van der Waals surface area contributed by atoms with Gasteiger partial charge in [-0.15, -0.1) is 6.58 Å². The van der Waals surface area contributed by atoms with Gasteiger partial charge in [0.05, 0.1) is 0 Å². The third-order valence-electron chi connectivity index (χ3n) is 2.44. The molecule has 0 bridgehead atoms. The molecule has 1 rings (SSSR count). The largest absolute Gasteiger partial charge is 0.324 e. The van der Waals surface area contributed by atoms with Crippen molar-refractivity contribution in [3.05, 3.63) is 48.0 Å². The molecule has 15 heavy (non-hydrogen) atoms. The molecule has 0 fully saturated rings. The van der Waals surface area contributed by atoms with Crippen LogP contribution in [0.1, 0.15) is 37.4 Å². The van der Waals surface area contributed by atoms with E-state index in [0.717, 1.165) is 12.8 Å². The van der Waals surface area contributed by atoms with E-state index >= 15 is 0 Å². The van der Waals surface area contributed by atoms with E-state index in [2.05, 4.69) is 44.7 Å². The summed E-state index contributed by atoms with van der Waals surface area (Å²) in [6.07, 6.45) is 3.83. The third kappa shape index (κ3) is 3.88. The molecule has 0 aliphatic carbocycles. The average Bonchev–Trinajstić information content (AvgIpc) is 2.17.